The van der Waals surface area contributed by atoms with Gasteiger partial charge in [0.05, 0.1) is 0 Å². The standard InChI is InChI=1S/C13H17F3N2O2/c1-9(6-7-17)12(19)18-8-10-2-4-11(5-3-10)20-13(14,15)16/h2-5,9H,6-8,17H2,1H3,(H,18,19). The Hall–Kier alpha value is -1.76. The molecule has 1 unspecified atom stereocenters. The Morgan fingerprint density at radius 3 is 2.45 bits per heavy atom. The van der Waals surface area contributed by atoms with E-state index in [9.17, 15) is 18.0 Å². The molecular weight excluding hydrogens is 273 g/mol. The van der Waals surface area contributed by atoms with Crippen LogP contribution >= 0.6 is 0 Å². The van der Waals surface area contributed by atoms with Crippen molar-refractivity contribution in [2.24, 2.45) is 11.7 Å². The number of rotatable bonds is 6. The Bertz CT molecular complexity index is 432. The summed E-state index contributed by atoms with van der Waals surface area (Å²) < 4.78 is 39.7. The number of alkyl halides is 3. The molecule has 0 aliphatic heterocycles. The molecule has 0 saturated heterocycles. The van der Waals surface area contributed by atoms with Gasteiger partial charge in [-0.05, 0) is 30.7 Å². The van der Waals surface area contributed by atoms with Crippen LogP contribution in [0.2, 0.25) is 0 Å². The second kappa shape index (κ2) is 7.14. The maximum absolute atomic E-state index is 12.0. The van der Waals surface area contributed by atoms with E-state index >= 15 is 0 Å². The van der Waals surface area contributed by atoms with E-state index in [-0.39, 0.29) is 24.1 Å². The van der Waals surface area contributed by atoms with E-state index in [1.54, 1.807) is 6.92 Å². The molecule has 20 heavy (non-hydrogen) atoms. The number of carbonyl (C=O) groups excluding carboxylic acids is 1. The Morgan fingerprint density at radius 1 is 1.35 bits per heavy atom. The van der Waals surface area contributed by atoms with E-state index in [4.69, 9.17) is 5.73 Å². The first kappa shape index (κ1) is 16.3. The molecule has 0 heterocycles. The highest BCUT2D eigenvalue weighted by Gasteiger charge is 2.30. The van der Waals surface area contributed by atoms with Crippen LogP contribution in [0.4, 0.5) is 13.2 Å². The topological polar surface area (TPSA) is 64.4 Å². The molecule has 0 saturated carbocycles. The van der Waals surface area contributed by atoms with Gasteiger partial charge >= 0.3 is 6.36 Å². The van der Waals surface area contributed by atoms with Gasteiger partial charge in [-0.15, -0.1) is 13.2 Å². The van der Waals surface area contributed by atoms with Crippen molar-refractivity contribution in [1.82, 2.24) is 5.32 Å². The number of carbonyl (C=O) groups is 1. The molecule has 7 heteroatoms. The SMILES string of the molecule is CC(CCN)C(=O)NCc1ccc(OC(F)(F)F)cc1. The van der Waals surface area contributed by atoms with Crippen LogP contribution < -0.4 is 15.8 Å². The molecule has 112 valence electrons. The lowest BCUT2D eigenvalue weighted by atomic mass is 10.1. The summed E-state index contributed by atoms with van der Waals surface area (Å²) in [5.74, 6) is -0.608. The second-order valence-corrected chi connectivity index (χ2v) is 4.39. The molecule has 1 rings (SSSR count). The molecule has 1 atom stereocenters. The number of halogens is 3. The number of benzene rings is 1. The summed E-state index contributed by atoms with van der Waals surface area (Å²) >= 11 is 0. The Labute approximate surface area is 115 Å². The number of ether oxygens (including phenoxy) is 1. The minimum Gasteiger partial charge on any atom is -0.406 e. The van der Waals surface area contributed by atoms with Crippen molar-refractivity contribution < 1.29 is 22.7 Å². The zero-order chi connectivity index (χ0) is 15.2. The minimum absolute atomic E-state index is 0.133. The van der Waals surface area contributed by atoms with Crippen LogP contribution in [-0.4, -0.2) is 18.8 Å². The highest BCUT2D eigenvalue weighted by Crippen LogP contribution is 2.22. The minimum atomic E-state index is -4.70. The predicted molar refractivity (Wildman–Crippen MR) is 67.8 cm³/mol. The molecule has 0 spiro atoms. The van der Waals surface area contributed by atoms with Crippen molar-refractivity contribution >= 4 is 5.91 Å². The maximum Gasteiger partial charge on any atom is 0.573 e. The highest BCUT2D eigenvalue weighted by atomic mass is 19.4. The second-order valence-electron chi connectivity index (χ2n) is 4.39. The molecule has 3 N–H and O–H groups in total. The fraction of sp³-hybridized carbons (Fsp3) is 0.462. The molecule has 1 aromatic rings. The summed E-state index contributed by atoms with van der Waals surface area (Å²) in [6.07, 6.45) is -4.11. The number of nitrogens with two attached hydrogens (primary N) is 1. The number of nitrogens with one attached hydrogen (secondary N) is 1. The summed E-state index contributed by atoms with van der Waals surface area (Å²) in [7, 11) is 0. The van der Waals surface area contributed by atoms with Crippen molar-refractivity contribution in [3.05, 3.63) is 29.8 Å². The molecule has 0 aliphatic rings. The van der Waals surface area contributed by atoms with Crippen LogP contribution in [0.25, 0.3) is 0 Å². The fourth-order valence-electron chi connectivity index (χ4n) is 1.55. The molecule has 0 fully saturated rings. The lowest BCUT2D eigenvalue weighted by Crippen LogP contribution is -2.29. The molecule has 0 radical (unpaired) electrons. The third kappa shape index (κ3) is 5.92. The molecule has 0 aliphatic carbocycles. The van der Waals surface area contributed by atoms with Gasteiger partial charge in [-0.25, -0.2) is 0 Å². The van der Waals surface area contributed by atoms with Gasteiger partial charge in [0, 0.05) is 12.5 Å². The van der Waals surface area contributed by atoms with Crippen LogP contribution in [0, 0.1) is 5.92 Å². The van der Waals surface area contributed by atoms with E-state index in [0.29, 0.717) is 18.5 Å². The monoisotopic (exact) mass is 290 g/mol. The van der Waals surface area contributed by atoms with Gasteiger partial charge in [-0.2, -0.15) is 0 Å². The highest BCUT2D eigenvalue weighted by molar-refractivity contribution is 5.78. The van der Waals surface area contributed by atoms with Crippen molar-refractivity contribution in [2.75, 3.05) is 6.54 Å². The first-order valence-corrected chi connectivity index (χ1v) is 6.14. The van der Waals surface area contributed by atoms with E-state index in [2.05, 4.69) is 10.1 Å². The third-order valence-electron chi connectivity index (χ3n) is 2.67. The summed E-state index contributed by atoms with van der Waals surface area (Å²) in [6.45, 7) is 2.45. The van der Waals surface area contributed by atoms with Gasteiger partial charge in [0.15, 0.2) is 0 Å². The summed E-state index contributed by atoms with van der Waals surface area (Å²) in [5.41, 5.74) is 6.04. The largest absolute Gasteiger partial charge is 0.573 e. The van der Waals surface area contributed by atoms with Gasteiger partial charge in [0.1, 0.15) is 5.75 Å². The summed E-state index contributed by atoms with van der Waals surface area (Å²) in [6, 6.07) is 5.35. The van der Waals surface area contributed by atoms with Crippen molar-refractivity contribution in [3.63, 3.8) is 0 Å². The number of hydrogen-bond donors (Lipinski definition) is 2. The van der Waals surface area contributed by atoms with E-state index in [0.717, 1.165) is 0 Å². The normalized spacial score (nSPS) is 12.8. The zero-order valence-electron chi connectivity index (χ0n) is 11.0. The molecule has 1 aromatic carbocycles. The molecule has 0 aromatic heterocycles. The molecule has 4 nitrogen and oxygen atoms in total. The summed E-state index contributed by atoms with van der Waals surface area (Å²) in [5, 5.41) is 2.69. The third-order valence-corrected chi connectivity index (χ3v) is 2.67. The van der Waals surface area contributed by atoms with Gasteiger partial charge < -0.3 is 15.8 Å². The van der Waals surface area contributed by atoms with E-state index in [1.165, 1.54) is 24.3 Å². The number of amides is 1. The van der Waals surface area contributed by atoms with Crippen LogP contribution in [0.3, 0.4) is 0 Å². The van der Waals surface area contributed by atoms with E-state index in [1.807, 2.05) is 0 Å². The molecular formula is C13H17F3N2O2. The fourth-order valence-corrected chi connectivity index (χ4v) is 1.55. The predicted octanol–water partition coefficient (Wildman–Crippen LogP) is 2.19. The van der Waals surface area contributed by atoms with Crippen molar-refractivity contribution in [3.8, 4) is 5.75 Å². The lowest BCUT2D eigenvalue weighted by Gasteiger charge is -2.12. The van der Waals surface area contributed by atoms with Crippen LogP contribution in [0.15, 0.2) is 24.3 Å². The van der Waals surface area contributed by atoms with Crippen LogP contribution in [0.1, 0.15) is 18.9 Å². The van der Waals surface area contributed by atoms with Gasteiger partial charge in [-0.1, -0.05) is 19.1 Å². The van der Waals surface area contributed by atoms with Crippen LogP contribution in [0.5, 0.6) is 5.75 Å². The number of hydrogen-bond acceptors (Lipinski definition) is 3. The Balaban J connectivity index is 2.48. The van der Waals surface area contributed by atoms with Crippen molar-refractivity contribution in [1.29, 1.82) is 0 Å². The van der Waals surface area contributed by atoms with Crippen molar-refractivity contribution in [2.45, 2.75) is 26.3 Å². The average Bonchev–Trinajstić information content (AvgIpc) is 2.36. The zero-order valence-corrected chi connectivity index (χ0v) is 11.0. The first-order chi connectivity index (χ1) is 9.31. The Morgan fingerprint density at radius 2 is 1.95 bits per heavy atom. The lowest BCUT2D eigenvalue weighted by molar-refractivity contribution is -0.274. The quantitative estimate of drug-likeness (QED) is 0.844. The first-order valence-electron chi connectivity index (χ1n) is 6.14. The van der Waals surface area contributed by atoms with E-state index < -0.39 is 6.36 Å². The van der Waals surface area contributed by atoms with Gasteiger partial charge in [-0.3, -0.25) is 4.79 Å². The van der Waals surface area contributed by atoms with Crippen LogP contribution in [-0.2, 0) is 11.3 Å². The van der Waals surface area contributed by atoms with Gasteiger partial charge in [0.2, 0.25) is 5.91 Å². The maximum atomic E-state index is 12.0. The average molecular weight is 290 g/mol. The van der Waals surface area contributed by atoms with Gasteiger partial charge in [0.25, 0.3) is 0 Å². The Kier molecular flexibility index (Phi) is 5.82. The summed E-state index contributed by atoms with van der Waals surface area (Å²) in [4.78, 5) is 11.6. The smallest absolute Gasteiger partial charge is 0.406 e. The molecule has 0 bridgehead atoms. The molecule has 1 amide bonds.